The van der Waals surface area contributed by atoms with Crippen molar-refractivity contribution in [2.75, 3.05) is 0 Å². The van der Waals surface area contributed by atoms with E-state index in [0.717, 1.165) is 25.7 Å². The van der Waals surface area contributed by atoms with Gasteiger partial charge in [0.25, 0.3) is 0 Å². The maximum Gasteiger partial charge on any atom is 0.192 e. The molecule has 0 aliphatic heterocycles. The molecule has 124 valence electrons. The van der Waals surface area contributed by atoms with Crippen LogP contribution in [0.4, 0.5) is 0 Å². The van der Waals surface area contributed by atoms with E-state index in [1.807, 2.05) is 0 Å². The van der Waals surface area contributed by atoms with Crippen LogP contribution in [0.3, 0.4) is 0 Å². The minimum Gasteiger partial charge on any atom is -0.384 e. The van der Waals surface area contributed by atoms with Crippen molar-refractivity contribution in [3.05, 3.63) is 35.4 Å². The summed E-state index contributed by atoms with van der Waals surface area (Å²) in [6.45, 7) is 6.79. The van der Waals surface area contributed by atoms with E-state index < -0.39 is 12.0 Å². The highest BCUT2D eigenvalue weighted by Crippen LogP contribution is 2.44. The maximum atomic E-state index is 12.8. The number of carbonyl (C=O) groups excluding carboxylic acids is 2. The summed E-state index contributed by atoms with van der Waals surface area (Å²) < 4.78 is 0. The highest BCUT2D eigenvalue weighted by atomic mass is 16.3. The Morgan fingerprint density at radius 2 is 1.43 bits per heavy atom. The zero-order chi connectivity index (χ0) is 16.8. The van der Waals surface area contributed by atoms with Gasteiger partial charge >= 0.3 is 0 Å². The van der Waals surface area contributed by atoms with Crippen LogP contribution in [0, 0.1) is 23.2 Å². The third-order valence-electron chi connectivity index (χ3n) is 5.87. The van der Waals surface area contributed by atoms with E-state index >= 15 is 0 Å². The van der Waals surface area contributed by atoms with Crippen LogP contribution in [-0.4, -0.2) is 22.8 Å². The first-order chi connectivity index (χ1) is 10.8. The number of carbonyl (C=O) groups is 2. The Balaban J connectivity index is 1.82. The molecule has 0 heterocycles. The molecule has 2 atom stereocenters. The molecule has 1 saturated carbocycles. The quantitative estimate of drug-likeness (QED) is 0.855. The first-order valence-corrected chi connectivity index (χ1v) is 8.66. The molecule has 1 N–H and O–H groups in total. The Hall–Kier alpha value is -1.48. The fourth-order valence-electron chi connectivity index (χ4n) is 4.37. The Morgan fingerprint density at radius 1 is 0.913 bits per heavy atom. The predicted molar refractivity (Wildman–Crippen MR) is 89.5 cm³/mol. The summed E-state index contributed by atoms with van der Waals surface area (Å²) in [4.78, 5) is 25.3. The minimum atomic E-state index is -1.17. The van der Waals surface area contributed by atoms with E-state index in [4.69, 9.17) is 0 Å². The predicted octanol–water partition coefficient (Wildman–Crippen LogP) is 3.90. The first-order valence-electron chi connectivity index (χ1n) is 8.66. The SMILES string of the molecule is CC(C)(C)C1CCC(C2C(=O)c3ccccc3C(=O)C2O)CC1. The second-order valence-corrected chi connectivity index (χ2v) is 8.22. The van der Waals surface area contributed by atoms with Crippen LogP contribution in [-0.2, 0) is 0 Å². The lowest BCUT2D eigenvalue weighted by molar-refractivity contribution is 0.0282. The molecule has 0 bridgehead atoms. The highest BCUT2D eigenvalue weighted by Gasteiger charge is 2.45. The van der Waals surface area contributed by atoms with Gasteiger partial charge in [-0.2, -0.15) is 0 Å². The molecule has 3 nitrogen and oxygen atoms in total. The van der Waals surface area contributed by atoms with Crippen molar-refractivity contribution in [1.29, 1.82) is 0 Å². The fourth-order valence-corrected chi connectivity index (χ4v) is 4.37. The summed E-state index contributed by atoms with van der Waals surface area (Å²) >= 11 is 0. The molecule has 2 aliphatic carbocycles. The molecular weight excluding hydrogens is 288 g/mol. The smallest absolute Gasteiger partial charge is 0.192 e. The molecule has 0 saturated heterocycles. The monoisotopic (exact) mass is 314 g/mol. The van der Waals surface area contributed by atoms with Crippen molar-refractivity contribution in [3.63, 3.8) is 0 Å². The summed E-state index contributed by atoms with van der Waals surface area (Å²) in [5.74, 6) is -0.126. The summed E-state index contributed by atoms with van der Waals surface area (Å²) in [6.07, 6.45) is 2.81. The summed E-state index contributed by atoms with van der Waals surface area (Å²) in [6, 6.07) is 6.89. The van der Waals surface area contributed by atoms with Crippen molar-refractivity contribution < 1.29 is 14.7 Å². The van der Waals surface area contributed by atoms with Gasteiger partial charge < -0.3 is 5.11 Å². The van der Waals surface area contributed by atoms with Gasteiger partial charge in [-0.1, -0.05) is 45.0 Å². The summed E-state index contributed by atoms with van der Waals surface area (Å²) in [5.41, 5.74) is 1.15. The lowest BCUT2D eigenvalue weighted by atomic mass is 9.64. The number of fused-ring (bicyclic) bond motifs is 1. The maximum absolute atomic E-state index is 12.8. The van der Waals surface area contributed by atoms with Gasteiger partial charge in [-0.05, 0) is 42.9 Å². The standard InChI is InChI=1S/C20H26O3/c1-20(2,3)13-10-8-12(9-11-13)16-17(21)14-6-4-5-7-15(14)18(22)19(16)23/h4-7,12-13,16,19,23H,8-11H2,1-3H3. The third-order valence-corrected chi connectivity index (χ3v) is 5.87. The van der Waals surface area contributed by atoms with Crippen LogP contribution in [0.25, 0.3) is 0 Å². The molecule has 2 unspecified atom stereocenters. The van der Waals surface area contributed by atoms with Crippen LogP contribution in [0.2, 0.25) is 0 Å². The lowest BCUT2D eigenvalue weighted by Crippen LogP contribution is -2.45. The van der Waals surface area contributed by atoms with Crippen LogP contribution in [0.5, 0.6) is 0 Å². The van der Waals surface area contributed by atoms with E-state index in [1.165, 1.54) is 0 Å². The van der Waals surface area contributed by atoms with Crippen molar-refractivity contribution in [2.24, 2.45) is 23.2 Å². The molecule has 23 heavy (non-hydrogen) atoms. The van der Waals surface area contributed by atoms with E-state index in [1.54, 1.807) is 24.3 Å². The van der Waals surface area contributed by atoms with Gasteiger partial charge in [0.05, 0.1) is 5.92 Å². The summed E-state index contributed by atoms with van der Waals surface area (Å²) in [5, 5.41) is 10.5. The Kier molecular flexibility index (Phi) is 4.18. The first kappa shape index (κ1) is 16.4. The average Bonchev–Trinajstić information content (AvgIpc) is 2.53. The largest absolute Gasteiger partial charge is 0.384 e. The number of hydrogen-bond donors (Lipinski definition) is 1. The minimum absolute atomic E-state index is 0.0492. The van der Waals surface area contributed by atoms with Crippen molar-refractivity contribution in [1.82, 2.24) is 0 Å². The molecule has 0 amide bonds. The highest BCUT2D eigenvalue weighted by molar-refractivity contribution is 6.17. The molecule has 1 fully saturated rings. The Morgan fingerprint density at radius 3 is 1.96 bits per heavy atom. The van der Waals surface area contributed by atoms with Gasteiger partial charge in [-0.3, -0.25) is 9.59 Å². The van der Waals surface area contributed by atoms with Gasteiger partial charge in [-0.25, -0.2) is 0 Å². The van der Waals surface area contributed by atoms with Gasteiger partial charge in [0.2, 0.25) is 0 Å². The molecular formula is C20H26O3. The molecule has 1 aromatic rings. The van der Waals surface area contributed by atoms with Gasteiger partial charge in [-0.15, -0.1) is 0 Å². The second-order valence-electron chi connectivity index (χ2n) is 8.22. The zero-order valence-electron chi connectivity index (χ0n) is 14.2. The van der Waals surface area contributed by atoms with E-state index in [2.05, 4.69) is 20.8 Å². The van der Waals surface area contributed by atoms with Crippen LogP contribution >= 0.6 is 0 Å². The van der Waals surface area contributed by atoms with Crippen molar-refractivity contribution in [3.8, 4) is 0 Å². The number of Topliss-reactive ketones (excluding diaryl/α,β-unsaturated/α-hetero) is 2. The van der Waals surface area contributed by atoms with E-state index in [-0.39, 0.29) is 22.9 Å². The molecule has 0 spiro atoms. The van der Waals surface area contributed by atoms with Gasteiger partial charge in [0.15, 0.2) is 11.6 Å². The number of aliphatic hydroxyl groups is 1. The number of aliphatic hydroxyl groups excluding tert-OH is 1. The molecule has 0 aromatic heterocycles. The number of rotatable bonds is 1. The molecule has 3 heteroatoms. The van der Waals surface area contributed by atoms with Crippen LogP contribution < -0.4 is 0 Å². The van der Waals surface area contributed by atoms with E-state index in [0.29, 0.717) is 17.0 Å². The number of benzene rings is 1. The normalized spacial score (nSPS) is 31.8. The van der Waals surface area contributed by atoms with Gasteiger partial charge in [0, 0.05) is 11.1 Å². The number of ketones is 2. The van der Waals surface area contributed by atoms with Crippen LogP contribution in [0.15, 0.2) is 24.3 Å². The van der Waals surface area contributed by atoms with Crippen molar-refractivity contribution >= 4 is 11.6 Å². The third kappa shape index (κ3) is 2.87. The van der Waals surface area contributed by atoms with Crippen molar-refractivity contribution in [2.45, 2.75) is 52.6 Å². The molecule has 0 radical (unpaired) electrons. The lowest BCUT2D eigenvalue weighted by Gasteiger charge is -2.41. The van der Waals surface area contributed by atoms with E-state index in [9.17, 15) is 14.7 Å². The zero-order valence-corrected chi connectivity index (χ0v) is 14.2. The van der Waals surface area contributed by atoms with Gasteiger partial charge in [0.1, 0.15) is 6.10 Å². The Labute approximate surface area is 138 Å². The molecule has 1 aromatic carbocycles. The average molecular weight is 314 g/mol. The molecule has 3 rings (SSSR count). The summed E-state index contributed by atoms with van der Waals surface area (Å²) in [7, 11) is 0. The second kappa shape index (κ2) is 5.86. The topological polar surface area (TPSA) is 54.4 Å². The number of hydrogen-bond acceptors (Lipinski definition) is 3. The Bertz CT molecular complexity index is 618. The fraction of sp³-hybridized carbons (Fsp3) is 0.600. The van der Waals surface area contributed by atoms with Crippen LogP contribution in [0.1, 0.15) is 67.2 Å². The molecule has 2 aliphatic rings.